The Morgan fingerprint density at radius 2 is 2.09 bits per heavy atom. The van der Waals surface area contributed by atoms with Gasteiger partial charge in [-0.2, -0.15) is 0 Å². The van der Waals surface area contributed by atoms with Crippen molar-refractivity contribution in [2.24, 2.45) is 5.92 Å². The van der Waals surface area contributed by atoms with Gasteiger partial charge in [-0.25, -0.2) is 0 Å². The maximum Gasteiger partial charge on any atom is 0.0678 e. The lowest BCUT2D eigenvalue weighted by Crippen LogP contribution is -2.33. The van der Waals surface area contributed by atoms with Gasteiger partial charge in [0, 0.05) is 0 Å². The van der Waals surface area contributed by atoms with E-state index in [-0.39, 0.29) is 0 Å². The molecule has 0 spiro atoms. The number of ether oxygens (including phenoxy) is 1. The van der Waals surface area contributed by atoms with E-state index in [1.54, 1.807) is 0 Å². The van der Waals surface area contributed by atoms with Crippen molar-refractivity contribution < 1.29 is 4.74 Å². The number of fused-ring (bicyclic) bond motifs is 1. The van der Waals surface area contributed by atoms with Crippen molar-refractivity contribution in [1.29, 1.82) is 0 Å². The average molecular weight is 152 g/mol. The van der Waals surface area contributed by atoms with Crippen molar-refractivity contribution in [3.05, 3.63) is 12.2 Å². The number of hydrogen-bond acceptors (Lipinski definition) is 1. The molecule has 62 valence electrons. The van der Waals surface area contributed by atoms with Crippen molar-refractivity contribution >= 4 is 0 Å². The third kappa shape index (κ3) is 1.48. The molecule has 0 aromatic rings. The molecule has 1 nitrogen and oxygen atoms in total. The normalized spacial score (nSPS) is 38.4. The molecule has 1 aliphatic heterocycles. The molecule has 0 aromatic carbocycles. The Hall–Kier alpha value is -0.300. The van der Waals surface area contributed by atoms with Gasteiger partial charge in [0.15, 0.2) is 0 Å². The van der Waals surface area contributed by atoms with Crippen molar-refractivity contribution in [3.8, 4) is 0 Å². The van der Waals surface area contributed by atoms with Crippen LogP contribution in [0.25, 0.3) is 0 Å². The maximum atomic E-state index is 5.69. The third-order valence-electron chi connectivity index (χ3n) is 2.89. The summed E-state index contributed by atoms with van der Waals surface area (Å²) in [5.41, 5.74) is 1.30. The fourth-order valence-electron chi connectivity index (χ4n) is 2.28. The number of rotatable bonds is 0. The summed E-state index contributed by atoms with van der Waals surface area (Å²) in [4.78, 5) is 0. The molecule has 0 amide bonds. The van der Waals surface area contributed by atoms with Crippen molar-refractivity contribution in [3.63, 3.8) is 0 Å². The fraction of sp³-hybridized carbons (Fsp3) is 0.800. The van der Waals surface area contributed by atoms with Crippen LogP contribution in [0.2, 0.25) is 0 Å². The second kappa shape index (κ2) is 2.98. The first-order valence-corrected chi connectivity index (χ1v) is 4.64. The van der Waals surface area contributed by atoms with Gasteiger partial charge in [-0.15, -0.1) is 0 Å². The van der Waals surface area contributed by atoms with Crippen molar-refractivity contribution in [2.45, 2.75) is 38.2 Å². The van der Waals surface area contributed by atoms with Gasteiger partial charge in [-0.3, -0.25) is 0 Å². The molecule has 2 unspecified atom stereocenters. The lowest BCUT2D eigenvalue weighted by molar-refractivity contribution is -0.0225. The molecule has 0 bridgehead atoms. The molecule has 1 aliphatic carbocycles. The Bertz CT molecular complexity index is 162. The van der Waals surface area contributed by atoms with E-state index < -0.39 is 0 Å². The zero-order valence-corrected chi connectivity index (χ0v) is 7.01. The van der Waals surface area contributed by atoms with E-state index in [2.05, 4.69) is 6.58 Å². The smallest absolute Gasteiger partial charge is 0.0678 e. The molecule has 0 radical (unpaired) electrons. The van der Waals surface area contributed by atoms with Crippen LogP contribution < -0.4 is 0 Å². The molecule has 2 rings (SSSR count). The van der Waals surface area contributed by atoms with Gasteiger partial charge >= 0.3 is 0 Å². The van der Waals surface area contributed by atoms with E-state index in [1.807, 2.05) is 0 Å². The number of hydrogen-bond donors (Lipinski definition) is 0. The average Bonchev–Trinajstić information content (AvgIpc) is 2.04. The van der Waals surface area contributed by atoms with Crippen LogP contribution in [-0.2, 0) is 4.74 Å². The summed E-state index contributed by atoms with van der Waals surface area (Å²) in [5, 5.41) is 0. The predicted octanol–water partition coefficient (Wildman–Crippen LogP) is 2.52. The molecule has 11 heavy (non-hydrogen) atoms. The quantitative estimate of drug-likeness (QED) is 0.485. The Morgan fingerprint density at radius 1 is 1.27 bits per heavy atom. The van der Waals surface area contributed by atoms with E-state index in [9.17, 15) is 0 Å². The van der Waals surface area contributed by atoms with Crippen LogP contribution in [0.1, 0.15) is 32.1 Å². The molecule has 2 aliphatic rings. The first kappa shape index (κ1) is 7.35. The van der Waals surface area contributed by atoms with Gasteiger partial charge in [-0.05, 0) is 25.2 Å². The molecule has 1 saturated carbocycles. The van der Waals surface area contributed by atoms with Crippen LogP contribution in [0.3, 0.4) is 0 Å². The molecule has 0 N–H and O–H groups in total. The van der Waals surface area contributed by atoms with Crippen LogP contribution in [0, 0.1) is 5.92 Å². The molecule has 1 saturated heterocycles. The standard InChI is InChI=1S/C10H16O/c1-8-6-9-4-2-3-5-10(9)11-7-8/h9-10H,1-7H2. The molecule has 1 heterocycles. The maximum absolute atomic E-state index is 5.69. The van der Waals surface area contributed by atoms with Gasteiger partial charge in [0.25, 0.3) is 0 Å². The topological polar surface area (TPSA) is 9.23 Å². The van der Waals surface area contributed by atoms with E-state index in [1.165, 1.54) is 37.7 Å². The van der Waals surface area contributed by atoms with E-state index >= 15 is 0 Å². The summed E-state index contributed by atoms with van der Waals surface area (Å²) in [6, 6.07) is 0. The molecule has 0 aromatic heterocycles. The summed E-state index contributed by atoms with van der Waals surface area (Å²) in [5.74, 6) is 0.810. The first-order valence-electron chi connectivity index (χ1n) is 4.64. The van der Waals surface area contributed by atoms with Crippen molar-refractivity contribution in [2.75, 3.05) is 6.61 Å². The minimum atomic E-state index is 0.578. The summed E-state index contributed by atoms with van der Waals surface area (Å²) >= 11 is 0. The van der Waals surface area contributed by atoms with Gasteiger partial charge in [0.2, 0.25) is 0 Å². The van der Waals surface area contributed by atoms with Gasteiger partial charge in [0.1, 0.15) is 0 Å². The molecular weight excluding hydrogens is 136 g/mol. The molecule has 2 atom stereocenters. The summed E-state index contributed by atoms with van der Waals surface area (Å²) < 4.78 is 5.69. The van der Waals surface area contributed by atoms with Gasteiger partial charge in [0.05, 0.1) is 12.7 Å². The largest absolute Gasteiger partial charge is 0.374 e. The molecule has 2 fully saturated rings. The van der Waals surface area contributed by atoms with Crippen LogP contribution >= 0.6 is 0 Å². The first-order chi connectivity index (χ1) is 5.36. The third-order valence-corrected chi connectivity index (χ3v) is 2.89. The predicted molar refractivity (Wildman–Crippen MR) is 45.5 cm³/mol. The summed E-state index contributed by atoms with van der Waals surface area (Å²) in [6.45, 7) is 4.80. The highest BCUT2D eigenvalue weighted by molar-refractivity contribution is 5.01. The minimum Gasteiger partial charge on any atom is -0.374 e. The molecular formula is C10H16O. The van der Waals surface area contributed by atoms with Gasteiger partial charge < -0.3 is 4.74 Å². The van der Waals surface area contributed by atoms with E-state index in [0.29, 0.717) is 6.10 Å². The lowest BCUT2D eigenvalue weighted by atomic mass is 9.81. The monoisotopic (exact) mass is 152 g/mol. The SMILES string of the molecule is C=C1COC2CCCCC2C1. The Morgan fingerprint density at radius 3 is 3.00 bits per heavy atom. The highest BCUT2D eigenvalue weighted by atomic mass is 16.5. The molecule has 1 heteroatoms. The Balaban J connectivity index is 1.98. The lowest BCUT2D eigenvalue weighted by Gasteiger charge is -2.36. The highest BCUT2D eigenvalue weighted by Gasteiger charge is 2.29. The second-order valence-corrected chi connectivity index (χ2v) is 3.85. The zero-order valence-electron chi connectivity index (χ0n) is 7.01. The van der Waals surface area contributed by atoms with E-state index in [0.717, 1.165) is 12.5 Å². The van der Waals surface area contributed by atoms with Gasteiger partial charge in [-0.1, -0.05) is 25.0 Å². The van der Waals surface area contributed by atoms with Crippen LogP contribution in [-0.4, -0.2) is 12.7 Å². The fourth-order valence-corrected chi connectivity index (χ4v) is 2.28. The minimum absolute atomic E-state index is 0.578. The zero-order chi connectivity index (χ0) is 7.68. The summed E-state index contributed by atoms with van der Waals surface area (Å²) in [7, 11) is 0. The second-order valence-electron chi connectivity index (χ2n) is 3.85. The van der Waals surface area contributed by atoms with E-state index in [4.69, 9.17) is 4.74 Å². The van der Waals surface area contributed by atoms with Crippen LogP contribution in [0.4, 0.5) is 0 Å². The van der Waals surface area contributed by atoms with Crippen LogP contribution in [0.15, 0.2) is 12.2 Å². The van der Waals surface area contributed by atoms with Crippen molar-refractivity contribution in [1.82, 2.24) is 0 Å². The summed E-state index contributed by atoms with van der Waals surface area (Å²) in [6.07, 6.45) is 7.23. The highest BCUT2D eigenvalue weighted by Crippen LogP contribution is 2.34. The Labute approximate surface area is 68.4 Å². The van der Waals surface area contributed by atoms with Crippen LogP contribution in [0.5, 0.6) is 0 Å². The Kier molecular flexibility index (Phi) is 1.99.